The van der Waals surface area contributed by atoms with Gasteiger partial charge >= 0.3 is 5.97 Å². The summed E-state index contributed by atoms with van der Waals surface area (Å²) in [6.45, 7) is 0. The molecule has 22 heavy (non-hydrogen) atoms. The molecule has 112 valence electrons. The van der Waals surface area contributed by atoms with Crippen LogP contribution < -0.4 is 11.1 Å². The Balaban J connectivity index is 2.11. The zero-order valence-electron chi connectivity index (χ0n) is 12.1. The van der Waals surface area contributed by atoms with E-state index in [0.717, 1.165) is 5.56 Å². The van der Waals surface area contributed by atoms with E-state index in [-0.39, 0.29) is 5.91 Å². The maximum absolute atomic E-state index is 12.0. The van der Waals surface area contributed by atoms with Gasteiger partial charge < -0.3 is 15.8 Å². The molecule has 1 amide bonds. The highest BCUT2D eigenvalue weighted by atomic mass is 16.5. The van der Waals surface area contributed by atoms with Gasteiger partial charge in [0.25, 0.3) is 0 Å². The van der Waals surface area contributed by atoms with Crippen LogP contribution in [0.5, 0.6) is 0 Å². The van der Waals surface area contributed by atoms with E-state index in [9.17, 15) is 9.59 Å². The van der Waals surface area contributed by atoms with Gasteiger partial charge in [-0.1, -0.05) is 24.3 Å². The van der Waals surface area contributed by atoms with Crippen LogP contribution >= 0.6 is 0 Å². The highest BCUT2D eigenvalue weighted by Gasteiger charge is 2.11. The topological polar surface area (TPSA) is 81.4 Å². The van der Waals surface area contributed by atoms with Gasteiger partial charge in [-0.2, -0.15) is 0 Å². The molecule has 2 aromatic carbocycles. The fourth-order valence-electron chi connectivity index (χ4n) is 1.89. The molecule has 0 aliphatic rings. The van der Waals surface area contributed by atoms with Crippen molar-refractivity contribution in [3.63, 3.8) is 0 Å². The number of methoxy groups -OCH3 is 1. The summed E-state index contributed by atoms with van der Waals surface area (Å²) >= 11 is 0. The number of benzene rings is 2. The van der Waals surface area contributed by atoms with Gasteiger partial charge in [-0.15, -0.1) is 0 Å². The summed E-state index contributed by atoms with van der Waals surface area (Å²) in [5.74, 6) is -0.852. The third kappa shape index (κ3) is 3.96. The number of amides is 1. The van der Waals surface area contributed by atoms with Crippen molar-refractivity contribution in [2.75, 3.05) is 18.2 Å². The summed E-state index contributed by atoms with van der Waals surface area (Å²) in [5, 5.41) is 2.65. The number of esters is 1. The SMILES string of the molecule is COC(=O)c1ccccc1NC(=O)/C=C/c1cccc(N)c1. The van der Waals surface area contributed by atoms with Crippen molar-refractivity contribution in [2.24, 2.45) is 0 Å². The van der Waals surface area contributed by atoms with E-state index in [0.29, 0.717) is 16.9 Å². The summed E-state index contributed by atoms with van der Waals surface area (Å²) < 4.78 is 4.68. The Morgan fingerprint density at radius 3 is 2.64 bits per heavy atom. The molecule has 0 saturated heterocycles. The Hall–Kier alpha value is -3.08. The predicted octanol–water partition coefficient (Wildman–Crippen LogP) is 2.71. The van der Waals surface area contributed by atoms with E-state index in [4.69, 9.17) is 5.73 Å². The highest BCUT2D eigenvalue weighted by molar-refractivity contribution is 6.06. The molecule has 0 aromatic heterocycles. The lowest BCUT2D eigenvalue weighted by atomic mass is 10.1. The van der Waals surface area contributed by atoms with Crippen LogP contribution in [0, 0.1) is 0 Å². The maximum Gasteiger partial charge on any atom is 0.339 e. The molecule has 0 bridgehead atoms. The fraction of sp³-hybridized carbons (Fsp3) is 0.0588. The number of carbonyl (C=O) groups is 2. The zero-order chi connectivity index (χ0) is 15.9. The van der Waals surface area contributed by atoms with Gasteiger partial charge in [0.15, 0.2) is 0 Å². The van der Waals surface area contributed by atoms with Crippen LogP contribution in [0.4, 0.5) is 11.4 Å². The van der Waals surface area contributed by atoms with E-state index in [1.807, 2.05) is 6.07 Å². The third-order valence-corrected chi connectivity index (χ3v) is 2.93. The molecule has 0 radical (unpaired) electrons. The zero-order valence-corrected chi connectivity index (χ0v) is 12.1. The molecule has 3 N–H and O–H groups in total. The monoisotopic (exact) mass is 296 g/mol. The van der Waals surface area contributed by atoms with Gasteiger partial charge in [-0.05, 0) is 35.9 Å². The third-order valence-electron chi connectivity index (χ3n) is 2.93. The number of anilines is 2. The lowest BCUT2D eigenvalue weighted by Gasteiger charge is -2.07. The number of carbonyl (C=O) groups excluding carboxylic acids is 2. The number of hydrogen-bond acceptors (Lipinski definition) is 4. The Kier molecular flexibility index (Phi) is 4.93. The predicted molar refractivity (Wildman–Crippen MR) is 86.3 cm³/mol. The van der Waals surface area contributed by atoms with E-state index in [1.54, 1.807) is 48.5 Å². The first-order chi connectivity index (χ1) is 10.6. The molecule has 2 aromatic rings. The second-order valence-corrected chi connectivity index (χ2v) is 4.53. The second kappa shape index (κ2) is 7.08. The second-order valence-electron chi connectivity index (χ2n) is 4.53. The molecule has 5 heteroatoms. The molecule has 0 unspecified atom stereocenters. The summed E-state index contributed by atoms with van der Waals surface area (Å²) in [6.07, 6.45) is 3.02. The van der Waals surface area contributed by atoms with Crippen LogP contribution in [0.25, 0.3) is 6.08 Å². The summed E-state index contributed by atoms with van der Waals surface area (Å²) in [5.41, 5.74) is 7.81. The van der Waals surface area contributed by atoms with Gasteiger partial charge in [0.2, 0.25) is 5.91 Å². The standard InChI is InChI=1S/C17H16N2O3/c1-22-17(21)14-7-2-3-8-15(14)19-16(20)10-9-12-5-4-6-13(18)11-12/h2-11H,18H2,1H3,(H,19,20)/b10-9+. The number of nitrogens with two attached hydrogens (primary N) is 1. The van der Waals surface area contributed by atoms with Crippen LogP contribution in [0.2, 0.25) is 0 Å². The van der Waals surface area contributed by atoms with Crippen molar-refractivity contribution in [1.82, 2.24) is 0 Å². The van der Waals surface area contributed by atoms with Crippen molar-refractivity contribution in [1.29, 1.82) is 0 Å². The van der Waals surface area contributed by atoms with Crippen LogP contribution in [0.15, 0.2) is 54.6 Å². The number of nitrogen functional groups attached to an aromatic ring is 1. The lowest BCUT2D eigenvalue weighted by molar-refractivity contribution is -0.111. The average Bonchev–Trinajstić information content (AvgIpc) is 2.53. The summed E-state index contributed by atoms with van der Waals surface area (Å²) in [4.78, 5) is 23.6. The van der Waals surface area contributed by atoms with Gasteiger partial charge in [0, 0.05) is 11.8 Å². The van der Waals surface area contributed by atoms with Crippen LogP contribution in [0.3, 0.4) is 0 Å². The molecule has 0 heterocycles. The van der Waals surface area contributed by atoms with Crippen LogP contribution in [0.1, 0.15) is 15.9 Å². The first-order valence-electron chi connectivity index (χ1n) is 6.62. The van der Waals surface area contributed by atoms with E-state index in [2.05, 4.69) is 10.1 Å². The number of ether oxygens (including phenoxy) is 1. The number of hydrogen-bond donors (Lipinski definition) is 2. The Morgan fingerprint density at radius 2 is 1.91 bits per heavy atom. The molecule has 0 atom stereocenters. The van der Waals surface area contributed by atoms with Crippen LogP contribution in [-0.4, -0.2) is 19.0 Å². The molecule has 5 nitrogen and oxygen atoms in total. The van der Waals surface area contributed by atoms with E-state index in [1.165, 1.54) is 13.2 Å². The number of para-hydroxylation sites is 1. The smallest absolute Gasteiger partial charge is 0.339 e. The fourth-order valence-corrected chi connectivity index (χ4v) is 1.89. The van der Waals surface area contributed by atoms with Gasteiger partial charge in [-0.3, -0.25) is 4.79 Å². The van der Waals surface area contributed by atoms with E-state index >= 15 is 0 Å². The largest absolute Gasteiger partial charge is 0.465 e. The van der Waals surface area contributed by atoms with Crippen molar-refractivity contribution in [3.05, 3.63) is 65.7 Å². The maximum atomic E-state index is 12.0. The molecule has 0 spiro atoms. The average molecular weight is 296 g/mol. The minimum Gasteiger partial charge on any atom is -0.465 e. The van der Waals surface area contributed by atoms with Gasteiger partial charge in [0.1, 0.15) is 0 Å². The van der Waals surface area contributed by atoms with Gasteiger partial charge in [0.05, 0.1) is 18.4 Å². The number of nitrogens with one attached hydrogen (secondary N) is 1. The first kappa shape index (κ1) is 15.3. The van der Waals surface area contributed by atoms with E-state index < -0.39 is 5.97 Å². The molecule has 2 rings (SSSR count). The van der Waals surface area contributed by atoms with Gasteiger partial charge in [-0.25, -0.2) is 4.79 Å². The first-order valence-corrected chi connectivity index (χ1v) is 6.62. The van der Waals surface area contributed by atoms with Crippen molar-refractivity contribution in [3.8, 4) is 0 Å². The van der Waals surface area contributed by atoms with Crippen molar-refractivity contribution in [2.45, 2.75) is 0 Å². The summed E-state index contributed by atoms with van der Waals surface area (Å²) in [7, 11) is 1.29. The molecule has 0 aliphatic carbocycles. The molecular weight excluding hydrogens is 280 g/mol. The normalized spacial score (nSPS) is 10.4. The van der Waals surface area contributed by atoms with Crippen molar-refractivity contribution >= 4 is 29.3 Å². The Labute approximate surface area is 128 Å². The molecule has 0 fully saturated rings. The minimum absolute atomic E-state index is 0.302. The highest BCUT2D eigenvalue weighted by Crippen LogP contribution is 2.16. The molecular formula is C17H16N2O3. The minimum atomic E-state index is -0.504. The quantitative estimate of drug-likeness (QED) is 0.516. The van der Waals surface area contributed by atoms with Crippen LogP contribution in [-0.2, 0) is 9.53 Å². The molecule has 0 saturated carbocycles. The molecule has 0 aliphatic heterocycles. The number of rotatable bonds is 4. The summed E-state index contributed by atoms with van der Waals surface area (Å²) in [6, 6.07) is 13.8. The Morgan fingerprint density at radius 1 is 1.14 bits per heavy atom. The lowest BCUT2D eigenvalue weighted by Crippen LogP contribution is -2.12. The Bertz CT molecular complexity index is 723. The van der Waals surface area contributed by atoms with Crippen molar-refractivity contribution < 1.29 is 14.3 Å².